The fourth-order valence-electron chi connectivity index (χ4n) is 2.84. The van der Waals surface area contributed by atoms with Gasteiger partial charge in [-0.3, -0.25) is 4.79 Å². The van der Waals surface area contributed by atoms with Crippen molar-refractivity contribution >= 4 is 16.8 Å². The Kier molecular flexibility index (Phi) is 4.33. The third kappa shape index (κ3) is 3.21. The van der Waals surface area contributed by atoms with Crippen molar-refractivity contribution in [2.45, 2.75) is 13.0 Å². The number of carbonyl (C=O) groups is 1. The summed E-state index contributed by atoms with van der Waals surface area (Å²) in [6.07, 6.45) is 2.39. The zero-order valence-electron chi connectivity index (χ0n) is 13.4. The molecule has 0 atom stereocenters. The van der Waals surface area contributed by atoms with Crippen LogP contribution in [0.15, 0.2) is 54.7 Å². The van der Waals surface area contributed by atoms with Gasteiger partial charge in [-0.1, -0.05) is 36.4 Å². The van der Waals surface area contributed by atoms with Gasteiger partial charge >= 0.3 is 0 Å². The number of para-hydroxylation sites is 2. The SMILES string of the molecule is COc1ccccc1CNC(=O)Cc1cn(C)c2ccccc12. The third-order valence-corrected chi connectivity index (χ3v) is 4.00. The third-order valence-electron chi connectivity index (χ3n) is 4.00. The van der Waals surface area contributed by atoms with Crippen LogP contribution in [0.5, 0.6) is 5.75 Å². The summed E-state index contributed by atoms with van der Waals surface area (Å²) in [5.74, 6) is 0.797. The van der Waals surface area contributed by atoms with Crippen LogP contribution in [-0.4, -0.2) is 17.6 Å². The average molecular weight is 308 g/mol. The normalized spacial score (nSPS) is 10.7. The van der Waals surface area contributed by atoms with Crippen LogP contribution in [0.2, 0.25) is 0 Å². The van der Waals surface area contributed by atoms with Crippen molar-refractivity contribution in [3.8, 4) is 5.75 Å². The Morgan fingerprint density at radius 1 is 1.09 bits per heavy atom. The summed E-state index contributed by atoms with van der Waals surface area (Å²) < 4.78 is 7.36. The molecule has 1 aromatic heterocycles. The van der Waals surface area contributed by atoms with E-state index in [1.165, 1.54) is 0 Å². The first-order valence-electron chi connectivity index (χ1n) is 7.60. The predicted molar refractivity (Wildman–Crippen MR) is 91.5 cm³/mol. The Labute approximate surface area is 135 Å². The second-order valence-corrected chi connectivity index (χ2v) is 5.55. The maximum atomic E-state index is 12.3. The molecule has 0 bridgehead atoms. The Hall–Kier alpha value is -2.75. The average Bonchev–Trinajstić information content (AvgIpc) is 2.89. The Morgan fingerprint density at radius 2 is 1.83 bits per heavy atom. The molecule has 1 heterocycles. The van der Waals surface area contributed by atoms with Crippen LogP contribution in [0.3, 0.4) is 0 Å². The maximum absolute atomic E-state index is 12.3. The first kappa shape index (κ1) is 15.2. The molecule has 0 saturated heterocycles. The van der Waals surface area contributed by atoms with Crippen LogP contribution in [-0.2, 0) is 24.8 Å². The predicted octanol–water partition coefficient (Wildman–Crippen LogP) is 3.05. The highest BCUT2D eigenvalue weighted by Crippen LogP contribution is 2.21. The molecular formula is C19H20N2O2. The number of aromatic nitrogens is 1. The van der Waals surface area contributed by atoms with Gasteiger partial charge in [0.05, 0.1) is 13.5 Å². The number of hydrogen-bond donors (Lipinski definition) is 1. The summed E-state index contributed by atoms with van der Waals surface area (Å²) in [5.41, 5.74) is 3.15. The number of benzene rings is 2. The number of rotatable bonds is 5. The lowest BCUT2D eigenvalue weighted by Gasteiger charge is -2.09. The smallest absolute Gasteiger partial charge is 0.224 e. The van der Waals surface area contributed by atoms with Crippen molar-refractivity contribution in [1.82, 2.24) is 9.88 Å². The van der Waals surface area contributed by atoms with E-state index in [4.69, 9.17) is 4.74 Å². The lowest BCUT2D eigenvalue weighted by atomic mass is 10.1. The second kappa shape index (κ2) is 6.57. The second-order valence-electron chi connectivity index (χ2n) is 5.55. The zero-order chi connectivity index (χ0) is 16.2. The van der Waals surface area contributed by atoms with E-state index in [1.54, 1.807) is 7.11 Å². The Bertz CT molecular complexity index is 836. The van der Waals surface area contributed by atoms with Gasteiger partial charge in [-0.25, -0.2) is 0 Å². The van der Waals surface area contributed by atoms with Gasteiger partial charge in [0.25, 0.3) is 0 Å². The number of aryl methyl sites for hydroxylation is 1. The number of ether oxygens (including phenoxy) is 1. The number of amides is 1. The van der Waals surface area contributed by atoms with Crippen molar-refractivity contribution in [2.75, 3.05) is 7.11 Å². The number of fused-ring (bicyclic) bond motifs is 1. The number of nitrogens with one attached hydrogen (secondary N) is 1. The molecule has 4 nitrogen and oxygen atoms in total. The van der Waals surface area contributed by atoms with Crippen molar-refractivity contribution in [3.63, 3.8) is 0 Å². The van der Waals surface area contributed by atoms with Gasteiger partial charge in [0, 0.05) is 36.3 Å². The van der Waals surface area contributed by atoms with E-state index in [0.717, 1.165) is 27.8 Å². The number of nitrogens with zero attached hydrogens (tertiary/aromatic N) is 1. The Morgan fingerprint density at radius 3 is 2.65 bits per heavy atom. The summed E-state index contributed by atoms with van der Waals surface area (Å²) in [4.78, 5) is 12.3. The molecule has 118 valence electrons. The van der Waals surface area contributed by atoms with Crippen molar-refractivity contribution in [1.29, 1.82) is 0 Å². The standard InChI is InChI=1S/C19H20N2O2/c1-21-13-15(16-8-4-5-9-17(16)21)11-19(22)20-12-14-7-3-6-10-18(14)23-2/h3-10,13H,11-12H2,1-2H3,(H,20,22). The zero-order valence-corrected chi connectivity index (χ0v) is 13.4. The molecule has 4 heteroatoms. The first-order valence-corrected chi connectivity index (χ1v) is 7.60. The fourth-order valence-corrected chi connectivity index (χ4v) is 2.84. The summed E-state index contributed by atoms with van der Waals surface area (Å²) in [6.45, 7) is 0.466. The summed E-state index contributed by atoms with van der Waals surface area (Å²) >= 11 is 0. The molecule has 0 spiro atoms. The molecule has 23 heavy (non-hydrogen) atoms. The molecule has 0 fully saturated rings. The number of methoxy groups -OCH3 is 1. The van der Waals surface area contributed by atoms with Crippen LogP contribution in [0, 0.1) is 0 Å². The molecular weight excluding hydrogens is 288 g/mol. The van der Waals surface area contributed by atoms with E-state index in [9.17, 15) is 4.79 Å². The molecule has 0 aliphatic rings. The molecule has 0 saturated carbocycles. The molecule has 3 rings (SSSR count). The van der Waals surface area contributed by atoms with Gasteiger partial charge in [0.15, 0.2) is 0 Å². The summed E-state index contributed by atoms with van der Waals surface area (Å²) in [6, 6.07) is 15.8. The van der Waals surface area contributed by atoms with E-state index in [-0.39, 0.29) is 5.91 Å². The molecule has 1 amide bonds. The Balaban J connectivity index is 1.69. The lowest BCUT2D eigenvalue weighted by Crippen LogP contribution is -2.24. The highest BCUT2D eigenvalue weighted by molar-refractivity contribution is 5.89. The van der Waals surface area contributed by atoms with E-state index < -0.39 is 0 Å². The highest BCUT2D eigenvalue weighted by atomic mass is 16.5. The number of carbonyl (C=O) groups excluding carboxylic acids is 1. The molecule has 2 aromatic carbocycles. The molecule has 0 aliphatic carbocycles. The van der Waals surface area contributed by atoms with Gasteiger partial charge in [0.1, 0.15) is 5.75 Å². The highest BCUT2D eigenvalue weighted by Gasteiger charge is 2.11. The maximum Gasteiger partial charge on any atom is 0.224 e. The van der Waals surface area contributed by atoms with Crippen LogP contribution < -0.4 is 10.1 Å². The number of hydrogen-bond acceptors (Lipinski definition) is 2. The van der Waals surface area contributed by atoms with Crippen LogP contribution in [0.1, 0.15) is 11.1 Å². The van der Waals surface area contributed by atoms with Crippen molar-refractivity contribution < 1.29 is 9.53 Å². The minimum absolute atomic E-state index is 0.00672. The quantitative estimate of drug-likeness (QED) is 0.787. The van der Waals surface area contributed by atoms with Crippen LogP contribution in [0.25, 0.3) is 10.9 Å². The molecule has 0 unspecified atom stereocenters. The fraction of sp³-hybridized carbons (Fsp3) is 0.211. The molecule has 0 radical (unpaired) electrons. The minimum Gasteiger partial charge on any atom is -0.496 e. The van der Waals surface area contributed by atoms with Crippen LogP contribution in [0.4, 0.5) is 0 Å². The lowest BCUT2D eigenvalue weighted by molar-refractivity contribution is -0.120. The minimum atomic E-state index is 0.00672. The van der Waals surface area contributed by atoms with E-state index >= 15 is 0 Å². The summed E-state index contributed by atoms with van der Waals surface area (Å²) in [7, 11) is 3.63. The van der Waals surface area contributed by atoms with Gasteiger partial charge in [-0.2, -0.15) is 0 Å². The van der Waals surface area contributed by atoms with Crippen molar-refractivity contribution in [3.05, 3.63) is 65.9 Å². The van der Waals surface area contributed by atoms with Crippen LogP contribution >= 0.6 is 0 Å². The molecule has 0 aliphatic heterocycles. The monoisotopic (exact) mass is 308 g/mol. The van der Waals surface area contributed by atoms with E-state index in [1.807, 2.05) is 49.6 Å². The topological polar surface area (TPSA) is 43.3 Å². The first-order chi connectivity index (χ1) is 11.2. The van der Waals surface area contributed by atoms with Gasteiger partial charge in [0.2, 0.25) is 5.91 Å². The summed E-state index contributed by atoms with van der Waals surface area (Å²) in [5, 5.41) is 4.10. The van der Waals surface area contributed by atoms with E-state index in [0.29, 0.717) is 13.0 Å². The largest absolute Gasteiger partial charge is 0.496 e. The van der Waals surface area contributed by atoms with E-state index in [2.05, 4.69) is 22.0 Å². The van der Waals surface area contributed by atoms with Gasteiger partial charge in [-0.05, 0) is 17.7 Å². The van der Waals surface area contributed by atoms with Gasteiger partial charge < -0.3 is 14.6 Å². The molecule has 3 aromatic rings. The van der Waals surface area contributed by atoms with Crippen molar-refractivity contribution in [2.24, 2.45) is 7.05 Å². The molecule has 1 N–H and O–H groups in total. The van der Waals surface area contributed by atoms with Gasteiger partial charge in [-0.15, -0.1) is 0 Å².